The molecular formula is C29H24ClNO6S. The smallest absolute Gasteiger partial charge is 0.307 e. The molecule has 0 saturated carbocycles. The number of hydrogen-bond donors (Lipinski definition) is 2. The van der Waals surface area contributed by atoms with Gasteiger partial charge in [-0.2, -0.15) is 0 Å². The van der Waals surface area contributed by atoms with Crippen molar-refractivity contribution in [3.8, 4) is 17.2 Å². The van der Waals surface area contributed by atoms with Crippen molar-refractivity contribution in [3.63, 3.8) is 0 Å². The molecule has 38 heavy (non-hydrogen) atoms. The molecule has 0 fully saturated rings. The van der Waals surface area contributed by atoms with Gasteiger partial charge in [-0.3, -0.25) is 13.8 Å². The molecule has 0 heterocycles. The number of carboxylic acid groups (broad SMARTS) is 1. The Morgan fingerprint density at radius 3 is 2.29 bits per heavy atom. The molecular weight excluding hydrogens is 526 g/mol. The second-order valence-corrected chi connectivity index (χ2v) is 10.1. The molecule has 4 aromatic carbocycles. The Hall–Kier alpha value is -4.14. The first-order chi connectivity index (χ1) is 18.3. The summed E-state index contributed by atoms with van der Waals surface area (Å²) in [6, 6.07) is 25.5. The number of ether oxygens (including phenoxy) is 2. The van der Waals surface area contributed by atoms with E-state index in [1.54, 1.807) is 72.8 Å². The van der Waals surface area contributed by atoms with Crippen molar-refractivity contribution < 1.29 is 28.4 Å². The zero-order valence-electron chi connectivity index (χ0n) is 20.3. The van der Waals surface area contributed by atoms with Crippen molar-refractivity contribution >= 4 is 40.0 Å². The number of hydrogen-bond acceptors (Lipinski definition) is 5. The molecule has 0 saturated heterocycles. The van der Waals surface area contributed by atoms with Crippen LogP contribution in [-0.2, 0) is 27.8 Å². The number of carboxylic acids is 1. The highest BCUT2D eigenvalue weighted by Gasteiger charge is 2.16. The van der Waals surface area contributed by atoms with E-state index in [4.69, 9.17) is 21.1 Å². The molecule has 0 bridgehead atoms. The summed E-state index contributed by atoms with van der Waals surface area (Å²) in [4.78, 5) is 24.6. The highest BCUT2D eigenvalue weighted by Crippen LogP contribution is 2.36. The normalized spacial score (nSPS) is 11.4. The third kappa shape index (κ3) is 7.00. The van der Waals surface area contributed by atoms with Gasteiger partial charge in [0.25, 0.3) is 5.91 Å². The summed E-state index contributed by atoms with van der Waals surface area (Å²) >= 11 is 5.92. The summed E-state index contributed by atoms with van der Waals surface area (Å²) in [5, 5.41) is 12.6. The number of rotatable bonds is 10. The van der Waals surface area contributed by atoms with Gasteiger partial charge in [0.2, 0.25) is 0 Å². The summed E-state index contributed by atoms with van der Waals surface area (Å²) < 4.78 is 24.7. The van der Waals surface area contributed by atoms with Crippen LogP contribution >= 0.6 is 11.6 Å². The van der Waals surface area contributed by atoms with Gasteiger partial charge in [-0.25, -0.2) is 0 Å². The number of amides is 1. The van der Waals surface area contributed by atoms with Crippen LogP contribution in [0.2, 0.25) is 5.02 Å². The highest BCUT2D eigenvalue weighted by atomic mass is 35.5. The molecule has 0 aliphatic carbocycles. The minimum Gasteiger partial charge on any atom is -0.493 e. The number of halogens is 1. The van der Waals surface area contributed by atoms with Gasteiger partial charge in [-0.15, -0.1) is 0 Å². The molecule has 7 nitrogen and oxygen atoms in total. The van der Waals surface area contributed by atoms with Crippen molar-refractivity contribution in [2.75, 3.05) is 12.4 Å². The van der Waals surface area contributed by atoms with Crippen LogP contribution < -0.4 is 14.8 Å². The van der Waals surface area contributed by atoms with Crippen molar-refractivity contribution in [2.24, 2.45) is 0 Å². The highest BCUT2D eigenvalue weighted by molar-refractivity contribution is 7.84. The number of aliphatic carboxylic acids is 1. The average molecular weight is 550 g/mol. The number of benzene rings is 4. The Labute approximate surface area is 227 Å². The molecule has 0 aliphatic heterocycles. The predicted octanol–water partition coefficient (Wildman–Crippen LogP) is 6.33. The van der Waals surface area contributed by atoms with Crippen LogP contribution in [0.4, 0.5) is 5.69 Å². The summed E-state index contributed by atoms with van der Waals surface area (Å²) in [7, 11) is 0.0880. The molecule has 0 radical (unpaired) electrons. The van der Waals surface area contributed by atoms with E-state index >= 15 is 0 Å². The monoisotopic (exact) mass is 549 g/mol. The van der Waals surface area contributed by atoms with Crippen molar-refractivity contribution in [1.29, 1.82) is 0 Å². The molecule has 194 valence electrons. The number of anilines is 1. The minimum atomic E-state index is -1.40. The van der Waals surface area contributed by atoms with Gasteiger partial charge < -0.3 is 19.9 Å². The van der Waals surface area contributed by atoms with E-state index < -0.39 is 16.8 Å². The number of methoxy groups -OCH3 is 1. The number of carbonyl (C=O) groups excluding carboxylic acids is 1. The van der Waals surface area contributed by atoms with Crippen LogP contribution in [0.15, 0.2) is 95.9 Å². The average Bonchev–Trinajstić information content (AvgIpc) is 2.91. The van der Waals surface area contributed by atoms with Gasteiger partial charge in [0.05, 0.1) is 30.1 Å². The predicted molar refractivity (Wildman–Crippen MR) is 147 cm³/mol. The fourth-order valence-corrected chi connectivity index (χ4v) is 4.94. The zero-order chi connectivity index (χ0) is 27.1. The molecule has 4 aromatic rings. The molecule has 4 rings (SSSR count). The SMILES string of the molecule is COc1ccc(CC(=O)O)cc1Oc1ccc(NC(=O)c2ccc(Cl)cc2)cc1CS(=O)c1ccccc1. The minimum absolute atomic E-state index is 0.112. The molecule has 9 heteroatoms. The third-order valence-electron chi connectivity index (χ3n) is 5.52. The van der Waals surface area contributed by atoms with Crippen LogP contribution in [0.3, 0.4) is 0 Å². The lowest BCUT2D eigenvalue weighted by Gasteiger charge is -2.16. The third-order valence-corrected chi connectivity index (χ3v) is 7.14. The summed E-state index contributed by atoms with van der Waals surface area (Å²) in [5.74, 6) is -0.0644. The first-order valence-electron chi connectivity index (χ1n) is 11.5. The van der Waals surface area contributed by atoms with Gasteiger partial charge in [-0.05, 0) is 72.3 Å². The summed E-state index contributed by atoms with van der Waals surface area (Å²) in [6.45, 7) is 0. The molecule has 1 unspecified atom stereocenters. The van der Waals surface area contributed by atoms with Crippen LogP contribution in [0.5, 0.6) is 17.2 Å². The first kappa shape index (κ1) is 26.9. The molecule has 2 N–H and O–H groups in total. The van der Waals surface area contributed by atoms with E-state index in [-0.39, 0.29) is 18.1 Å². The fourth-order valence-electron chi connectivity index (χ4n) is 3.67. The Morgan fingerprint density at radius 2 is 1.61 bits per heavy atom. The lowest BCUT2D eigenvalue weighted by Crippen LogP contribution is -2.12. The topological polar surface area (TPSA) is 102 Å². The van der Waals surface area contributed by atoms with E-state index in [0.29, 0.717) is 49.5 Å². The van der Waals surface area contributed by atoms with Gasteiger partial charge >= 0.3 is 5.97 Å². The number of carbonyl (C=O) groups is 2. The Balaban J connectivity index is 1.67. The van der Waals surface area contributed by atoms with Crippen LogP contribution in [0.1, 0.15) is 21.5 Å². The van der Waals surface area contributed by atoms with Crippen LogP contribution in [-0.4, -0.2) is 28.3 Å². The Kier molecular flexibility index (Phi) is 8.78. The van der Waals surface area contributed by atoms with Gasteiger partial charge in [0.1, 0.15) is 5.75 Å². The Morgan fingerprint density at radius 1 is 0.895 bits per heavy atom. The largest absolute Gasteiger partial charge is 0.493 e. The van der Waals surface area contributed by atoms with E-state index in [2.05, 4.69) is 5.32 Å². The fraction of sp³-hybridized carbons (Fsp3) is 0.103. The van der Waals surface area contributed by atoms with Gasteiger partial charge in [-0.1, -0.05) is 35.9 Å². The molecule has 1 atom stereocenters. The van der Waals surface area contributed by atoms with Crippen LogP contribution in [0.25, 0.3) is 0 Å². The maximum atomic E-state index is 13.2. The maximum Gasteiger partial charge on any atom is 0.307 e. The van der Waals surface area contributed by atoms with E-state index in [1.807, 2.05) is 18.2 Å². The van der Waals surface area contributed by atoms with Crippen molar-refractivity contribution in [3.05, 3.63) is 113 Å². The quantitative estimate of drug-likeness (QED) is 0.240. The van der Waals surface area contributed by atoms with Gasteiger partial charge in [0.15, 0.2) is 11.5 Å². The van der Waals surface area contributed by atoms with Gasteiger partial charge in [0, 0.05) is 26.7 Å². The molecule has 0 spiro atoms. The standard InChI is InChI=1S/C29H24ClNO6S/c1-36-26-13-7-19(16-28(32)33)15-27(26)37-25-14-12-23(31-29(34)20-8-10-22(30)11-9-20)17-21(25)18-38(35)24-5-3-2-4-6-24/h2-15,17H,16,18H2,1H3,(H,31,34)(H,32,33). The second-order valence-electron chi connectivity index (χ2n) is 8.24. The summed E-state index contributed by atoms with van der Waals surface area (Å²) in [5.41, 5.74) is 2.04. The zero-order valence-corrected chi connectivity index (χ0v) is 21.9. The van der Waals surface area contributed by atoms with E-state index in [1.165, 1.54) is 7.11 Å². The van der Waals surface area contributed by atoms with E-state index in [9.17, 15) is 18.9 Å². The first-order valence-corrected chi connectivity index (χ1v) is 13.2. The van der Waals surface area contributed by atoms with Crippen molar-refractivity contribution in [1.82, 2.24) is 0 Å². The number of nitrogens with one attached hydrogen (secondary N) is 1. The van der Waals surface area contributed by atoms with Crippen LogP contribution in [0, 0.1) is 0 Å². The molecule has 0 aromatic heterocycles. The van der Waals surface area contributed by atoms with E-state index in [0.717, 1.165) is 0 Å². The lowest BCUT2D eigenvalue weighted by molar-refractivity contribution is -0.136. The Bertz CT molecular complexity index is 1470. The second kappa shape index (κ2) is 12.4. The molecule has 1 amide bonds. The maximum absolute atomic E-state index is 13.2. The van der Waals surface area contributed by atoms with Crippen molar-refractivity contribution in [2.45, 2.75) is 17.1 Å². The lowest BCUT2D eigenvalue weighted by atomic mass is 10.1. The molecule has 0 aliphatic rings. The summed E-state index contributed by atoms with van der Waals surface area (Å²) in [6.07, 6.45) is -0.180.